The van der Waals surface area contributed by atoms with E-state index in [0.29, 0.717) is 6.42 Å². The summed E-state index contributed by atoms with van der Waals surface area (Å²) in [6, 6.07) is 6.17. The number of rotatable bonds is 4. The van der Waals surface area contributed by atoms with E-state index in [1.807, 2.05) is 0 Å². The van der Waals surface area contributed by atoms with Gasteiger partial charge < -0.3 is 11.1 Å². The van der Waals surface area contributed by atoms with Crippen LogP contribution in [0.5, 0.6) is 0 Å². The SMILES string of the molecule is CC(N)CC(=O)NC1(c2ccc(F)cc2)CC1. The van der Waals surface area contributed by atoms with Crippen molar-refractivity contribution in [3.05, 3.63) is 35.6 Å². The number of carbonyl (C=O) groups excluding carboxylic acids is 1. The molecule has 1 saturated carbocycles. The Labute approximate surface area is 100 Å². The van der Waals surface area contributed by atoms with Gasteiger partial charge in [0.1, 0.15) is 5.82 Å². The summed E-state index contributed by atoms with van der Waals surface area (Å²) in [7, 11) is 0. The Hall–Kier alpha value is -1.42. The Morgan fingerprint density at radius 1 is 1.47 bits per heavy atom. The third-order valence-corrected chi connectivity index (χ3v) is 3.03. The first-order valence-electron chi connectivity index (χ1n) is 5.84. The minimum atomic E-state index is -0.278. The van der Waals surface area contributed by atoms with E-state index in [4.69, 9.17) is 5.73 Å². The van der Waals surface area contributed by atoms with Gasteiger partial charge >= 0.3 is 0 Å². The Kier molecular flexibility index (Phi) is 3.15. The van der Waals surface area contributed by atoms with Gasteiger partial charge in [-0.05, 0) is 37.5 Å². The maximum atomic E-state index is 12.8. The lowest BCUT2D eigenvalue weighted by Crippen LogP contribution is -2.37. The van der Waals surface area contributed by atoms with Crippen molar-refractivity contribution in [1.29, 1.82) is 0 Å². The van der Waals surface area contributed by atoms with Crippen LogP contribution in [-0.4, -0.2) is 11.9 Å². The van der Waals surface area contributed by atoms with E-state index in [2.05, 4.69) is 5.32 Å². The molecule has 3 N–H and O–H groups in total. The van der Waals surface area contributed by atoms with Gasteiger partial charge in [-0.15, -0.1) is 0 Å². The van der Waals surface area contributed by atoms with Crippen LogP contribution in [0.3, 0.4) is 0 Å². The molecule has 1 aliphatic carbocycles. The number of amides is 1. The largest absolute Gasteiger partial charge is 0.347 e. The third-order valence-electron chi connectivity index (χ3n) is 3.03. The van der Waals surface area contributed by atoms with Gasteiger partial charge in [-0.3, -0.25) is 4.79 Å². The number of hydrogen-bond donors (Lipinski definition) is 2. The third kappa shape index (κ3) is 2.82. The standard InChI is InChI=1S/C13H17FN2O/c1-9(15)8-12(17)16-13(6-7-13)10-2-4-11(14)5-3-10/h2-5,9H,6-8,15H2,1H3,(H,16,17). The quantitative estimate of drug-likeness (QED) is 0.835. The average molecular weight is 236 g/mol. The fourth-order valence-corrected chi connectivity index (χ4v) is 1.99. The van der Waals surface area contributed by atoms with Crippen LogP contribution in [0.1, 0.15) is 31.7 Å². The molecule has 92 valence electrons. The molecule has 0 heterocycles. The molecule has 1 aliphatic rings. The Bertz CT molecular complexity index is 410. The number of nitrogens with one attached hydrogen (secondary N) is 1. The Morgan fingerprint density at radius 3 is 2.53 bits per heavy atom. The predicted molar refractivity (Wildman–Crippen MR) is 63.7 cm³/mol. The Balaban J connectivity index is 2.05. The predicted octanol–water partition coefficient (Wildman–Crippen LogP) is 1.67. The lowest BCUT2D eigenvalue weighted by molar-refractivity contribution is -0.122. The fraction of sp³-hybridized carbons (Fsp3) is 0.462. The zero-order valence-corrected chi connectivity index (χ0v) is 9.87. The van der Waals surface area contributed by atoms with E-state index >= 15 is 0 Å². The molecule has 4 heteroatoms. The molecular formula is C13H17FN2O. The van der Waals surface area contributed by atoms with Crippen molar-refractivity contribution in [1.82, 2.24) is 5.32 Å². The van der Waals surface area contributed by atoms with Gasteiger partial charge in [0.2, 0.25) is 5.91 Å². The normalized spacial score (nSPS) is 18.5. The zero-order chi connectivity index (χ0) is 12.5. The molecule has 2 rings (SSSR count). The first-order chi connectivity index (χ1) is 8.02. The Morgan fingerprint density at radius 2 is 2.06 bits per heavy atom. The van der Waals surface area contributed by atoms with Crippen LogP contribution in [0.15, 0.2) is 24.3 Å². The van der Waals surface area contributed by atoms with Gasteiger partial charge in [0.15, 0.2) is 0 Å². The topological polar surface area (TPSA) is 55.1 Å². The van der Waals surface area contributed by atoms with Gasteiger partial charge in [-0.25, -0.2) is 4.39 Å². The molecule has 1 aromatic rings. The van der Waals surface area contributed by atoms with Gasteiger partial charge in [0, 0.05) is 12.5 Å². The van der Waals surface area contributed by atoms with Gasteiger partial charge in [0.25, 0.3) is 0 Å². The van der Waals surface area contributed by atoms with Crippen LogP contribution in [0.4, 0.5) is 4.39 Å². The van der Waals surface area contributed by atoms with E-state index in [1.165, 1.54) is 12.1 Å². The smallest absolute Gasteiger partial charge is 0.222 e. The van der Waals surface area contributed by atoms with Gasteiger partial charge in [-0.2, -0.15) is 0 Å². The molecule has 3 nitrogen and oxygen atoms in total. The number of nitrogens with two attached hydrogens (primary N) is 1. The second-order valence-corrected chi connectivity index (χ2v) is 4.82. The highest BCUT2D eigenvalue weighted by atomic mass is 19.1. The molecule has 1 unspecified atom stereocenters. The molecule has 0 radical (unpaired) electrons. The minimum absolute atomic E-state index is 0.0400. The summed E-state index contributed by atoms with van der Waals surface area (Å²) in [5.74, 6) is -0.298. The molecule has 0 bridgehead atoms. The average Bonchev–Trinajstić information content (AvgIpc) is 2.98. The summed E-state index contributed by atoms with van der Waals surface area (Å²) >= 11 is 0. The van der Waals surface area contributed by atoms with E-state index in [1.54, 1.807) is 19.1 Å². The van der Waals surface area contributed by atoms with Crippen molar-refractivity contribution in [2.24, 2.45) is 5.73 Å². The highest BCUT2D eigenvalue weighted by molar-refractivity contribution is 5.78. The molecule has 0 spiro atoms. The highest BCUT2D eigenvalue weighted by Crippen LogP contribution is 2.45. The molecule has 0 aliphatic heterocycles. The van der Waals surface area contributed by atoms with Crippen molar-refractivity contribution >= 4 is 5.91 Å². The highest BCUT2D eigenvalue weighted by Gasteiger charge is 2.45. The number of benzene rings is 1. The fourth-order valence-electron chi connectivity index (χ4n) is 1.99. The second-order valence-electron chi connectivity index (χ2n) is 4.82. The molecule has 1 aromatic carbocycles. The lowest BCUT2D eigenvalue weighted by atomic mass is 10.0. The van der Waals surface area contributed by atoms with Crippen LogP contribution in [-0.2, 0) is 10.3 Å². The first-order valence-corrected chi connectivity index (χ1v) is 5.84. The van der Waals surface area contributed by atoms with E-state index in [9.17, 15) is 9.18 Å². The number of halogens is 1. The van der Waals surface area contributed by atoms with Crippen LogP contribution < -0.4 is 11.1 Å². The second kappa shape index (κ2) is 4.45. The summed E-state index contributed by atoms with van der Waals surface area (Å²) in [5, 5.41) is 2.99. The van der Waals surface area contributed by atoms with Crippen LogP contribution >= 0.6 is 0 Å². The van der Waals surface area contributed by atoms with E-state index in [-0.39, 0.29) is 23.3 Å². The van der Waals surface area contributed by atoms with Crippen molar-refractivity contribution in [2.45, 2.75) is 37.8 Å². The summed E-state index contributed by atoms with van der Waals surface area (Å²) in [5.41, 5.74) is 6.27. The van der Waals surface area contributed by atoms with Crippen molar-refractivity contribution in [2.75, 3.05) is 0 Å². The first kappa shape index (κ1) is 12.0. The zero-order valence-electron chi connectivity index (χ0n) is 9.87. The minimum Gasteiger partial charge on any atom is -0.347 e. The molecule has 0 saturated heterocycles. The van der Waals surface area contributed by atoms with E-state index in [0.717, 1.165) is 18.4 Å². The molecule has 1 fully saturated rings. The maximum absolute atomic E-state index is 12.8. The molecular weight excluding hydrogens is 219 g/mol. The summed E-state index contributed by atoms with van der Waals surface area (Å²) in [6.07, 6.45) is 2.13. The summed E-state index contributed by atoms with van der Waals surface area (Å²) < 4.78 is 12.8. The summed E-state index contributed by atoms with van der Waals surface area (Å²) in [6.45, 7) is 1.80. The van der Waals surface area contributed by atoms with E-state index < -0.39 is 0 Å². The van der Waals surface area contributed by atoms with Crippen LogP contribution in [0, 0.1) is 5.82 Å². The molecule has 0 aromatic heterocycles. The number of carbonyl (C=O) groups is 1. The maximum Gasteiger partial charge on any atom is 0.222 e. The van der Waals surface area contributed by atoms with Crippen molar-refractivity contribution in [3.8, 4) is 0 Å². The monoisotopic (exact) mass is 236 g/mol. The number of hydrogen-bond acceptors (Lipinski definition) is 2. The van der Waals surface area contributed by atoms with Crippen molar-refractivity contribution < 1.29 is 9.18 Å². The van der Waals surface area contributed by atoms with Gasteiger partial charge in [-0.1, -0.05) is 12.1 Å². The lowest BCUT2D eigenvalue weighted by Gasteiger charge is -2.18. The van der Waals surface area contributed by atoms with Crippen LogP contribution in [0.2, 0.25) is 0 Å². The molecule has 17 heavy (non-hydrogen) atoms. The molecule has 1 amide bonds. The van der Waals surface area contributed by atoms with Crippen molar-refractivity contribution in [3.63, 3.8) is 0 Å². The van der Waals surface area contributed by atoms with Gasteiger partial charge in [0.05, 0.1) is 5.54 Å². The van der Waals surface area contributed by atoms with Crippen LogP contribution in [0.25, 0.3) is 0 Å². The summed E-state index contributed by atoms with van der Waals surface area (Å²) in [4.78, 5) is 11.7. The molecule has 1 atom stereocenters.